The van der Waals surface area contributed by atoms with Crippen molar-refractivity contribution in [2.45, 2.75) is 20.8 Å². The Labute approximate surface area is 88.7 Å². The van der Waals surface area contributed by atoms with Crippen molar-refractivity contribution < 1.29 is 14.7 Å². The van der Waals surface area contributed by atoms with Crippen molar-refractivity contribution in [2.75, 3.05) is 0 Å². The molecule has 0 atom stereocenters. The molecular formula is C12H14O3. The first-order chi connectivity index (χ1) is 6.84. The van der Waals surface area contributed by atoms with Crippen LogP contribution in [0.15, 0.2) is 24.3 Å². The number of carbonyl (C=O) groups is 2. The Kier molecular flexibility index (Phi) is 2.93. The van der Waals surface area contributed by atoms with Crippen LogP contribution in [-0.2, 0) is 0 Å². The molecule has 0 saturated heterocycles. The van der Waals surface area contributed by atoms with Crippen LogP contribution in [0.1, 0.15) is 41.5 Å². The highest BCUT2D eigenvalue weighted by Gasteiger charge is 2.26. The Morgan fingerprint density at radius 3 is 1.93 bits per heavy atom. The van der Waals surface area contributed by atoms with Gasteiger partial charge in [-0.25, -0.2) is 4.79 Å². The van der Waals surface area contributed by atoms with E-state index < -0.39 is 11.4 Å². The van der Waals surface area contributed by atoms with E-state index in [1.807, 2.05) is 0 Å². The molecular weight excluding hydrogens is 192 g/mol. The average molecular weight is 206 g/mol. The van der Waals surface area contributed by atoms with Crippen molar-refractivity contribution in [1.82, 2.24) is 0 Å². The summed E-state index contributed by atoms with van der Waals surface area (Å²) >= 11 is 0. The van der Waals surface area contributed by atoms with E-state index in [1.165, 1.54) is 6.07 Å². The van der Waals surface area contributed by atoms with Crippen LogP contribution in [0.3, 0.4) is 0 Å². The normalized spacial score (nSPS) is 11.1. The Hall–Kier alpha value is -1.64. The van der Waals surface area contributed by atoms with E-state index in [0.717, 1.165) is 0 Å². The molecule has 0 saturated carbocycles. The van der Waals surface area contributed by atoms with E-state index in [-0.39, 0.29) is 16.9 Å². The standard InChI is InChI=1S/C12H14O3/c1-12(2,3)10(13)8-6-4-5-7-9(8)11(14)15/h4-7H,1-3H3,(H,14,15). The summed E-state index contributed by atoms with van der Waals surface area (Å²) in [6.45, 7) is 5.32. The molecule has 0 aliphatic carbocycles. The number of aromatic carboxylic acids is 1. The van der Waals surface area contributed by atoms with Gasteiger partial charge in [0.25, 0.3) is 0 Å². The fourth-order valence-electron chi connectivity index (χ4n) is 1.27. The molecule has 0 bridgehead atoms. The monoisotopic (exact) mass is 206 g/mol. The minimum Gasteiger partial charge on any atom is -0.478 e. The van der Waals surface area contributed by atoms with Crippen LogP contribution in [0, 0.1) is 5.41 Å². The van der Waals surface area contributed by atoms with Gasteiger partial charge in [0.15, 0.2) is 5.78 Å². The number of hydrogen-bond acceptors (Lipinski definition) is 2. The Morgan fingerprint density at radius 1 is 1.07 bits per heavy atom. The Balaban J connectivity index is 3.26. The molecule has 1 aromatic carbocycles. The van der Waals surface area contributed by atoms with Gasteiger partial charge >= 0.3 is 5.97 Å². The molecule has 0 unspecified atom stereocenters. The lowest BCUT2D eigenvalue weighted by molar-refractivity contribution is 0.0688. The summed E-state index contributed by atoms with van der Waals surface area (Å²) in [7, 11) is 0. The first-order valence-corrected chi connectivity index (χ1v) is 4.71. The smallest absolute Gasteiger partial charge is 0.336 e. The number of carboxylic acid groups (broad SMARTS) is 1. The molecule has 15 heavy (non-hydrogen) atoms. The van der Waals surface area contributed by atoms with Crippen LogP contribution in [0.2, 0.25) is 0 Å². The highest BCUT2D eigenvalue weighted by Crippen LogP contribution is 2.23. The zero-order chi connectivity index (χ0) is 11.6. The van der Waals surface area contributed by atoms with Crippen LogP contribution in [0.4, 0.5) is 0 Å². The van der Waals surface area contributed by atoms with E-state index in [0.29, 0.717) is 0 Å². The zero-order valence-electron chi connectivity index (χ0n) is 9.07. The van der Waals surface area contributed by atoms with E-state index in [2.05, 4.69) is 0 Å². The maximum Gasteiger partial charge on any atom is 0.336 e. The number of carboxylic acids is 1. The minimum atomic E-state index is -1.07. The van der Waals surface area contributed by atoms with Gasteiger partial charge in [0.1, 0.15) is 0 Å². The second-order valence-corrected chi connectivity index (χ2v) is 4.43. The molecule has 3 heteroatoms. The van der Waals surface area contributed by atoms with E-state index in [1.54, 1.807) is 39.0 Å². The van der Waals surface area contributed by atoms with Gasteiger partial charge in [-0.3, -0.25) is 4.79 Å². The van der Waals surface area contributed by atoms with Gasteiger partial charge in [-0.05, 0) is 6.07 Å². The van der Waals surface area contributed by atoms with Crippen molar-refractivity contribution in [3.8, 4) is 0 Å². The van der Waals surface area contributed by atoms with Gasteiger partial charge < -0.3 is 5.11 Å². The fourth-order valence-corrected chi connectivity index (χ4v) is 1.27. The predicted octanol–water partition coefficient (Wildman–Crippen LogP) is 2.61. The van der Waals surface area contributed by atoms with Crippen LogP contribution in [0.5, 0.6) is 0 Å². The second-order valence-electron chi connectivity index (χ2n) is 4.43. The Bertz CT molecular complexity index is 400. The molecule has 1 aromatic rings. The molecule has 1 N–H and O–H groups in total. The number of Topliss-reactive ketones (excluding diaryl/α,β-unsaturated/α-hetero) is 1. The van der Waals surface area contributed by atoms with Crippen molar-refractivity contribution in [2.24, 2.45) is 5.41 Å². The molecule has 0 aliphatic heterocycles. The molecule has 0 amide bonds. The first kappa shape index (κ1) is 11.4. The van der Waals surface area contributed by atoms with Crippen molar-refractivity contribution in [1.29, 1.82) is 0 Å². The van der Waals surface area contributed by atoms with Crippen LogP contribution in [-0.4, -0.2) is 16.9 Å². The average Bonchev–Trinajstić information content (AvgIpc) is 2.15. The summed E-state index contributed by atoms with van der Waals surface area (Å²) in [6, 6.07) is 6.28. The third-order valence-corrected chi connectivity index (χ3v) is 2.08. The molecule has 1 rings (SSSR count). The third kappa shape index (κ3) is 2.43. The Morgan fingerprint density at radius 2 is 1.53 bits per heavy atom. The number of carbonyl (C=O) groups excluding carboxylic acids is 1. The lowest BCUT2D eigenvalue weighted by Gasteiger charge is -2.17. The van der Waals surface area contributed by atoms with Crippen LogP contribution >= 0.6 is 0 Å². The van der Waals surface area contributed by atoms with Gasteiger partial charge in [0, 0.05) is 11.0 Å². The van der Waals surface area contributed by atoms with E-state index >= 15 is 0 Å². The van der Waals surface area contributed by atoms with Crippen LogP contribution in [0.25, 0.3) is 0 Å². The third-order valence-electron chi connectivity index (χ3n) is 2.08. The quantitative estimate of drug-likeness (QED) is 0.757. The fraction of sp³-hybridized carbons (Fsp3) is 0.333. The molecule has 3 nitrogen and oxygen atoms in total. The maximum atomic E-state index is 11.9. The summed E-state index contributed by atoms with van der Waals surface area (Å²) in [4.78, 5) is 22.8. The lowest BCUT2D eigenvalue weighted by Crippen LogP contribution is -2.22. The number of benzene rings is 1. The largest absolute Gasteiger partial charge is 0.478 e. The first-order valence-electron chi connectivity index (χ1n) is 4.71. The number of hydrogen-bond donors (Lipinski definition) is 1. The minimum absolute atomic E-state index is 0.0671. The van der Waals surface area contributed by atoms with Crippen molar-refractivity contribution >= 4 is 11.8 Å². The lowest BCUT2D eigenvalue weighted by atomic mass is 9.85. The SMILES string of the molecule is CC(C)(C)C(=O)c1ccccc1C(=O)O. The predicted molar refractivity (Wildman–Crippen MR) is 57.2 cm³/mol. The van der Waals surface area contributed by atoms with Gasteiger partial charge in [-0.2, -0.15) is 0 Å². The van der Waals surface area contributed by atoms with E-state index in [4.69, 9.17) is 5.11 Å². The molecule has 0 fully saturated rings. The van der Waals surface area contributed by atoms with E-state index in [9.17, 15) is 9.59 Å². The summed E-state index contributed by atoms with van der Waals surface area (Å²) in [5.41, 5.74) is -0.221. The molecule has 0 spiro atoms. The highest BCUT2D eigenvalue weighted by molar-refractivity contribution is 6.07. The number of rotatable bonds is 2. The van der Waals surface area contributed by atoms with Crippen LogP contribution < -0.4 is 0 Å². The van der Waals surface area contributed by atoms with Gasteiger partial charge in [-0.15, -0.1) is 0 Å². The summed E-state index contributed by atoms with van der Waals surface area (Å²) in [5.74, 6) is -1.22. The molecule has 0 radical (unpaired) electrons. The molecule has 0 aliphatic rings. The molecule has 0 aromatic heterocycles. The van der Waals surface area contributed by atoms with Gasteiger partial charge in [-0.1, -0.05) is 39.0 Å². The van der Waals surface area contributed by atoms with Crippen molar-refractivity contribution in [3.63, 3.8) is 0 Å². The van der Waals surface area contributed by atoms with Gasteiger partial charge in [0.2, 0.25) is 0 Å². The molecule has 80 valence electrons. The van der Waals surface area contributed by atoms with Gasteiger partial charge in [0.05, 0.1) is 5.56 Å². The summed E-state index contributed by atoms with van der Waals surface area (Å²) < 4.78 is 0. The zero-order valence-corrected chi connectivity index (χ0v) is 9.07. The topological polar surface area (TPSA) is 54.4 Å². The summed E-state index contributed by atoms with van der Waals surface area (Å²) in [5, 5.41) is 8.93. The molecule has 0 heterocycles. The summed E-state index contributed by atoms with van der Waals surface area (Å²) in [6.07, 6.45) is 0. The van der Waals surface area contributed by atoms with Crippen molar-refractivity contribution in [3.05, 3.63) is 35.4 Å². The second kappa shape index (κ2) is 3.85. The number of ketones is 1. The maximum absolute atomic E-state index is 11.9. The highest BCUT2D eigenvalue weighted by atomic mass is 16.4.